The first kappa shape index (κ1) is 13.4. The maximum atomic E-state index is 11.4. The first-order valence-electron chi connectivity index (χ1n) is 6.72. The van der Waals surface area contributed by atoms with Crippen molar-refractivity contribution in [3.63, 3.8) is 0 Å². The summed E-state index contributed by atoms with van der Waals surface area (Å²) in [5, 5.41) is 3.33. The second-order valence-electron chi connectivity index (χ2n) is 4.72. The Hall–Kier alpha value is -2.60. The number of aromatic nitrogens is 2. The Labute approximate surface area is 119 Å². The average Bonchev–Trinajstić information content (AvgIpc) is 2.99. The largest absolute Gasteiger partial charge is 0.467 e. The fourth-order valence-electron chi connectivity index (χ4n) is 2.35. The number of H-pyrrole nitrogens is 2. The fourth-order valence-corrected chi connectivity index (χ4v) is 2.35. The molecule has 0 aliphatic heterocycles. The van der Waals surface area contributed by atoms with Gasteiger partial charge in [-0.1, -0.05) is 13.0 Å². The summed E-state index contributed by atoms with van der Waals surface area (Å²) in [6.45, 7) is 2.78. The van der Waals surface area contributed by atoms with Crippen LogP contribution >= 0.6 is 0 Å². The lowest BCUT2D eigenvalue weighted by Crippen LogP contribution is -2.29. The van der Waals surface area contributed by atoms with Gasteiger partial charge in [0, 0.05) is 0 Å². The van der Waals surface area contributed by atoms with Crippen molar-refractivity contribution < 1.29 is 4.42 Å². The van der Waals surface area contributed by atoms with Gasteiger partial charge >= 0.3 is 11.1 Å². The first-order chi connectivity index (χ1) is 10.2. The molecule has 21 heavy (non-hydrogen) atoms. The summed E-state index contributed by atoms with van der Waals surface area (Å²) in [5.74, 6) is 0.794. The number of aromatic amines is 2. The molecule has 108 valence electrons. The van der Waals surface area contributed by atoms with Gasteiger partial charge in [0.2, 0.25) is 0 Å². The van der Waals surface area contributed by atoms with Crippen LogP contribution in [0.15, 0.2) is 50.6 Å². The zero-order valence-corrected chi connectivity index (χ0v) is 11.5. The molecule has 3 aromatic rings. The maximum absolute atomic E-state index is 11.4. The van der Waals surface area contributed by atoms with E-state index in [4.69, 9.17) is 4.42 Å². The highest BCUT2D eigenvalue weighted by Crippen LogP contribution is 2.24. The quantitative estimate of drug-likeness (QED) is 0.634. The van der Waals surface area contributed by atoms with Crippen molar-refractivity contribution >= 4 is 11.0 Å². The summed E-state index contributed by atoms with van der Waals surface area (Å²) in [6, 6.07) is 9.13. The summed E-state index contributed by atoms with van der Waals surface area (Å²) >= 11 is 0. The SMILES string of the molecule is CCNC(c1ccc2[nH]c(=O)c(=O)[nH]c2c1)c1ccco1. The van der Waals surface area contributed by atoms with E-state index in [2.05, 4.69) is 15.3 Å². The van der Waals surface area contributed by atoms with Crippen LogP contribution in [0.1, 0.15) is 24.3 Å². The second-order valence-corrected chi connectivity index (χ2v) is 4.72. The standard InChI is InChI=1S/C15H15N3O3/c1-2-16-13(12-4-3-7-21-12)9-5-6-10-11(8-9)18-15(20)14(19)17-10/h3-8,13,16H,2H2,1H3,(H,17,19)(H,18,20). The third-order valence-corrected chi connectivity index (χ3v) is 3.32. The molecule has 0 amide bonds. The Morgan fingerprint density at radius 3 is 2.57 bits per heavy atom. The van der Waals surface area contributed by atoms with Crippen molar-refractivity contribution in [2.75, 3.05) is 6.54 Å². The van der Waals surface area contributed by atoms with Gasteiger partial charge in [0.05, 0.1) is 23.3 Å². The smallest absolute Gasteiger partial charge is 0.314 e. The molecule has 0 fully saturated rings. The molecule has 0 spiro atoms. The van der Waals surface area contributed by atoms with Crippen LogP contribution in [0.5, 0.6) is 0 Å². The van der Waals surface area contributed by atoms with Gasteiger partial charge in [-0.2, -0.15) is 0 Å². The molecule has 1 unspecified atom stereocenters. The van der Waals surface area contributed by atoms with Crippen LogP contribution in [0, 0.1) is 0 Å². The molecule has 0 aliphatic rings. The van der Waals surface area contributed by atoms with Gasteiger partial charge in [-0.15, -0.1) is 0 Å². The normalized spacial score (nSPS) is 12.6. The molecular weight excluding hydrogens is 270 g/mol. The van der Waals surface area contributed by atoms with Gasteiger partial charge in [-0.05, 0) is 36.4 Å². The lowest BCUT2D eigenvalue weighted by Gasteiger charge is -2.16. The topological polar surface area (TPSA) is 90.9 Å². The Balaban J connectivity index is 2.12. The molecule has 1 atom stereocenters. The summed E-state index contributed by atoms with van der Waals surface area (Å²) < 4.78 is 5.47. The van der Waals surface area contributed by atoms with Gasteiger partial charge in [0.15, 0.2) is 0 Å². The van der Waals surface area contributed by atoms with Crippen molar-refractivity contribution in [3.8, 4) is 0 Å². The Bertz CT molecular complexity index is 862. The average molecular weight is 285 g/mol. The minimum absolute atomic E-state index is 0.107. The van der Waals surface area contributed by atoms with Gasteiger partial charge in [-0.3, -0.25) is 9.59 Å². The van der Waals surface area contributed by atoms with Gasteiger partial charge in [0.25, 0.3) is 0 Å². The zero-order valence-electron chi connectivity index (χ0n) is 11.5. The molecule has 2 aromatic heterocycles. The molecular formula is C15H15N3O3. The molecule has 6 heteroatoms. The first-order valence-corrected chi connectivity index (χ1v) is 6.72. The number of furan rings is 1. The minimum atomic E-state index is -0.655. The fraction of sp³-hybridized carbons (Fsp3) is 0.200. The molecule has 3 rings (SSSR count). The van der Waals surface area contributed by atoms with Crippen LogP contribution in [0.2, 0.25) is 0 Å². The Morgan fingerprint density at radius 2 is 1.90 bits per heavy atom. The van der Waals surface area contributed by atoms with E-state index in [9.17, 15) is 9.59 Å². The van der Waals surface area contributed by atoms with Crippen molar-refractivity contribution in [1.29, 1.82) is 0 Å². The molecule has 0 saturated heterocycles. The summed E-state index contributed by atoms with van der Waals surface area (Å²) in [5.41, 5.74) is 0.828. The van der Waals surface area contributed by atoms with Crippen LogP contribution in [-0.4, -0.2) is 16.5 Å². The highest BCUT2D eigenvalue weighted by molar-refractivity contribution is 5.74. The lowest BCUT2D eigenvalue weighted by molar-refractivity contribution is 0.452. The summed E-state index contributed by atoms with van der Waals surface area (Å²) in [6.07, 6.45) is 1.63. The van der Waals surface area contributed by atoms with Gasteiger partial charge in [-0.25, -0.2) is 0 Å². The number of benzene rings is 1. The molecule has 0 aliphatic carbocycles. The maximum Gasteiger partial charge on any atom is 0.314 e. The summed E-state index contributed by atoms with van der Waals surface area (Å²) in [4.78, 5) is 27.9. The Morgan fingerprint density at radius 1 is 1.14 bits per heavy atom. The van der Waals surface area contributed by atoms with Crippen LogP contribution in [-0.2, 0) is 0 Å². The molecule has 6 nitrogen and oxygen atoms in total. The van der Waals surface area contributed by atoms with E-state index in [1.165, 1.54) is 0 Å². The number of fused-ring (bicyclic) bond motifs is 1. The van der Waals surface area contributed by atoms with Crippen LogP contribution in [0.25, 0.3) is 11.0 Å². The third-order valence-electron chi connectivity index (χ3n) is 3.32. The lowest BCUT2D eigenvalue weighted by atomic mass is 10.0. The van der Waals surface area contributed by atoms with Crippen molar-refractivity contribution in [2.45, 2.75) is 13.0 Å². The highest BCUT2D eigenvalue weighted by atomic mass is 16.3. The van der Waals surface area contributed by atoms with E-state index in [1.807, 2.05) is 31.2 Å². The highest BCUT2D eigenvalue weighted by Gasteiger charge is 2.16. The predicted molar refractivity (Wildman–Crippen MR) is 79.4 cm³/mol. The van der Waals surface area contributed by atoms with Crippen molar-refractivity contribution in [2.24, 2.45) is 0 Å². The van der Waals surface area contributed by atoms with Gasteiger partial charge in [0.1, 0.15) is 5.76 Å². The van der Waals surface area contributed by atoms with Crippen molar-refractivity contribution in [3.05, 3.63) is 68.6 Å². The van der Waals surface area contributed by atoms with Crippen LogP contribution in [0.3, 0.4) is 0 Å². The molecule has 2 heterocycles. The summed E-state index contributed by atoms with van der Waals surface area (Å²) in [7, 11) is 0. The number of nitrogens with one attached hydrogen (secondary N) is 3. The number of rotatable bonds is 4. The molecule has 1 aromatic carbocycles. The van der Waals surface area contributed by atoms with Gasteiger partial charge < -0.3 is 19.7 Å². The van der Waals surface area contributed by atoms with E-state index < -0.39 is 11.1 Å². The monoisotopic (exact) mass is 285 g/mol. The zero-order chi connectivity index (χ0) is 14.8. The van der Waals surface area contributed by atoms with E-state index in [0.29, 0.717) is 11.0 Å². The number of hydrogen-bond donors (Lipinski definition) is 3. The van der Waals surface area contributed by atoms with Crippen molar-refractivity contribution in [1.82, 2.24) is 15.3 Å². The molecule has 0 radical (unpaired) electrons. The third kappa shape index (κ3) is 2.53. The van der Waals surface area contributed by atoms with E-state index in [0.717, 1.165) is 17.9 Å². The Kier molecular flexibility index (Phi) is 3.45. The predicted octanol–water partition coefficient (Wildman–Crippen LogP) is 1.51. The molecule has 3 N–H and O–H groups in total. The van der Waals surface area contributed by atoms with E-state index in [1.54, 1.807) is 12.3 Å². The van der Waals surface area contributed by atoms with E-state index >= 15 is 0 Å². The van der Waals surface area contributed by atoms with Crippen LogP contribution in [0.4, 0.5) is 0 Å². The second kappa shape index (κ2) is 5.41. The molecule has 0 saturated carbocycles. The number of hydrogen-bond acceptors (Lipinski definition) is 4. The van der Waals surface area contributed by atoms with E-state index in [-0.39, 0.29) is 6.04 Å². The van der Waals surface area contributed by atoms with Crippen LogP contribution < -0.4 is 16.4 Å². The molecule has 0 bridgehead atoms. The minimum Gasteiger partial charge on any atom is -0.467 e.